The van der Waals surface area contributed by atoms with Gasteiger partial charge in [-0.1, -0.05) is 211 Å². The zero-order valence-electron chi connectivity index (χ0n) is 42.2. The van der Waals surface area contributed by atoms with Gasteiger partial charge in [-0.25, -0.2) is 0 Å². The molecule has 7 atom stereocenters. The van der Waals surface area contributed by atoms with Gasteiger partial charge < -0.3 is 45.1 Å². The van der Waals surface area contributed by atoms with Crippen LogP contribution in [-0.4, -0.2) is 100 Å². The average molecular weight is 936 g/mol. The van der Waals surface area contributed by atoms with E-state index in [4.69, 9.17) is 14.2 Å². The van der Waals surface area contributed by atoms with Crippen molar-refractivity contribution >= 4 is 11.9 Å². The lowest BCUT2D eigenvalue weighted by atomic mass is 9.99. The van der Waals surface area contributed by atoms with E-state index in [0.29, 0.717) is 19.4 Å². The Labute approximate surface area is 403 Å². The van der Waals surface area contributed by atoms with E-state index in [1.807, 2.05) is 6.08 Å². The Kier molecular flexibility index (Phi) is 42.5. The summed E-state index contributed by atoms with van der Waals surface area (Å²) in [5, 5.41) is 54.2. The van der Waals surface area contributed by atoms with E-state index in [2.05, 4.69) is 43.5 Å². The van der Waals surface area contributed by atoms with Crippen molar-refractivity contribution in [2.45, 2.75) is 281 Å². The molecular weight excluding hydrogens is 835 g/mol. The van der Waals surface area contributed by atoms with Crippen LogP contribution in [0.4, 0.5) is 0 Å². The maximum Gasteiger partial charge on any atom is 0.305 e. The van der Waals surface area contributed by atoms with Crippen LogP contribution in [0.3, 0.4) is 0 Å². The molecule has 1 heterocycles. The van der Waals surface area contributed by atoms with Crippen LogP contribution < -0.4 is 5.32 Å². The van der Waals surface area contributed by atoms with E-state index in [1.54, 1.807) is 6.08 Å². The summed E-state index contributed by atoms with van der Waals surface area (Å²) < 4.78 is 16.6. The molecule has 11 nitrogen and oxygen atoms in total. The van der Waals surface area contributed by atoms with Gasteiger partial charge in [0.25, 0.3) is 0 Å². The molecule has 0 aromatic rings. The topological polar surface area (TPSA) is 175 Å². The number of amides is 1. The first kappa shape index (κ1) is 61.9. The van der Waals surface area contributed by atoms with Gasteiger partial charge in [0.05, 0.1) is 32.0 Å². The highest BCUT2D eigenvalue weighted by Gasteiger charge is 2.44. The minimum Gasteiger partial charge on any atom is -0.466 e. The number of nitrogens with one attached hydrogen (secondary N) is 1. The van der Waals surface area contributed by atoms with E-state index >= 15 is 0 Å². The smallest absolute Gasteiger partial charge is 0.305 e. The molecule has 0 aromatic carbocycles. The summed E-state index contributed by atoms with van der Waals surface area (Å²) in [6.07, 6.45) is 43.6. The fraction of sp³-hybridized carbons (Fsp3) is 0.855. The highest BCUT2D eigenvalue weighted by atomic mass is 16.7. The largest absolute Gasteiger partial charge is 0.466 e. The van der Waals surface area contributed by atoms with Gasteiger partial charge in [-0.15, -0.1) is 0 Å². The van der Waals surface area contributed by atoms with Gasteiger partial charge in [-0.2, -0.15) is 0 Å². The number of esters is 1. The van der Waals surface area contributed by atoms with Crippen LogP contribution in [0.5, 0.6) is 0 Å². The van der Waals surface area contributed by atoms with E-state index < -0.39 is 49.5 Å². The second-order valence-electron chi connectivity index (χ2n) is 18.9. The maximum atomic E-state index is 13.0. The van der Waals surface area contributed by atoms with Crippen LogP contribution in [0.25, 0.3) is 0 Å². The lowest BCUT2D eigenvalue weighted by Gasteiger charge is -2.40. The van der Waals surface area contributed by atoms with E-state index in [0.717, 1.165) is 83.5 Å². The Bertz CT molecular complexity index is 1190. The first-order chi connectivity index (χ1) is 32.2. The lowest BCUT2D eigenvalue weighted by molar-refractivity contribution is -0.302. The molecule has 1 aliphatic rings. The van der Waals surface area contributed by atoms with Crippen molar-refractivity contribution in [3.8, 4) is 0 Å². The fourth-order valence-corrected chi connectivity index (χ4v) is 8.33. The number of rotatable bonds is 46. The normalized spacial score (nSPS) is 19.9. The molecule has 1 aliphatic heterocycles. The third kappa shape index (κ3) is 35.1. The summed E-state index contributed by atoms with van der Waals surface area (Å²) in [6, 6.07) is -0.840. The molecule has 7 unspecified atom stereocenters. The van der Waals surface area contributed by atoms with Crippen molar-refractivity contribution in [1.82, 2.24) is 5.32 Å². The Balaban J connectivity index is 2.15. The number of carbonyl (C=O) groups is 2. The average Bonchev–Trinajstić information content (AvgIpc) is 3.31. The van der Waals surface area contributed by atoms with Crippen LogP contribution in [-0.2, 0) is 23.8 Å². The van der Waals surface area contributed by atoms with Crippen LogP contribution in [0.2, 0.25) is 0 Å². The maximum absolute atomic E-state index is 13.0. The molecule has 0 aliphatic carbocycles. The Hall–Kier alpha value is -2.12. The van der Waals surface area contributed by atoms with Crippen molar-refractivity contribution in [2.75, 3.05) is 19.8 Å². The third-order valence-corrected chi connectivity index (χ3v) is 12.7. The van der Waals surface area contributed by atoms with Crippen molar-refractivity contribution in [2.24, 2.45) is 0 Å². The first-order valence-corrected chi connectivity index (χ1v) is 27.3. The summed E-state index contributed by atoms with van der Waals surface area (Å²) >= 11 is 0. The summed E-state index contributed by atoms with van der Waals surface area (Å²) in [5.41, 5.74) is 0. The van der Waals surface area contributed by atoms with Crippen molar-refractivity contribution < 1.29 is 49.3 Å². The number of hydrogen-bond acceptors (Lipinski definition) is 10. The second-order valence-corrected chi connectivity index (χ2v) is 18.9. The monoisotopic (exact) mass is 936 g/mol. The highest BCUT2D eigenvalue weighted by Crippen LogP contribution is 2.23. The molecule has 6 N–H and O–H groups in total. The SMILES string of the molecule is CCCC/C=C/CC/C=C/CC/C=C/C(O)C(COC1OC(CO)C(O)C(O)C1O)NC(=O)CCCCCCCCCCCCCCCCCOC(=O)CCCCCCCCCCCCC. The van der Waals surface area contributed by atoms with Crippen LogP contribution in [0, 0.1) is 0 Å². The molecule has 386 valence electrons. The number of carbonyl (C=O) groups excluding carboxylic acids is 2. The molecule has 1 amide bonds. The molecule has 11 heteroatoms. The fourth-order valence-electron chi connectivity index (χ4n) is 8.33. The molecule has 1 rings (SSSR count). The van der Waals surface area contributed by atoms with E-state index in [9.17, 15) is 35.1 Å². The minimum absolute atomic E-state index is 0.0208. The first-order valence-electron chi connectivity index (χ1n) is 27.3. The third-order valence-electron chi connectivity index (χ3n) is 12.7. The van der Waals surface area contributed by atoms with Gasteiger partial charge in [-0.05, 0) is 51.4 Å². The number of unbranched alkanes of at least 4 members (excludes halogenated alkanes) is 28. The molecule has 0 saturated carbocycles. The number of aliphatic hydroxyl groups excluding tert-OH is 5. The molecule has 1 fully saturated rings. The summed E-state index contributed by atoms with van der Waals surface area (Å²) in [6.45, 7) is 4.23. The van der Waals surface area contributed by atoms with Gasteiger partial charge in [-0.3, -0.25) is 9.59 Å². The molecule has 0 radical (unpaired) electrons. The molecule has 1 saturated heterocycles. The Morgan fingerprint density at radius 3 is 1.48 bits per heavy atom. The van der Waals surface area contributed by atoms with Gasteiger partial charge >= 0.3 is 5.97 Å². The van der Waals surface area contributed by atoms with E-state index in [1.165, 1.54) is 128 Å². The zero-order chi connectivity index (χ0) is 48.1. The summed E-state index contributed by atoms with van der Waals surface area (Å²) in [7, 11) is 0. The second kappa shape index (κ2) is 45.3. The van der Waals surface area contributed by atoms with E-state index in [-0.39, 0.29) is 18.5 Å². The molecule has 66 heavy (non-hydrogen) atoms. The zero-order valence-corrected chi connectivity index (χ0v) is 42.2. The van der Waals surface area contributed by atoms with Gasteiger partial charge in [0.15, 0.2) is 6.29 Å². The quantitative estimate of drug-likeness (QED) is 0.0196. The van der Waals surface area contributed by atoms with Gasteiger partial charge in [0.1, 0.15) is 24.4 Å². The standard InChI is InChI=1S/C55H101NO10/c1-3-5-7-9-11-13-15-22-25-29-33-37-41-48(58)47(46-65-55-54(63)53(62)52(61)49(45-57)66-55)56-50(59)42-38-34-30-26-23-19-17-16-18-20-24-28-32-36-40-44-64-51(60)43-39-35-31-27-21-14-12-10-8-6-4-2/h9,11,22,25,37,41,47-49,52-55,57-58,61-63H,3-8,10,12-21,23-24,26-36,38-40,42-46H2,1-2H3,(H,56,59)/b11-9+,25-22+,41-37+. The van der Waals surface area contributed by atoms with Gasteiger partial charge in [0, 0.05) is 12.8 Å². The number of aliphatic hydroxyl groups is 5. The van der Waals surface area contributed by atoms with Gasteiger partial charge in [0.2, 0.25) is 5.91 Å². The Morgan fingerprint density at radius 1 is 0.545 bits per heavy atom. The molecule has 0 spiro atoms. The van der Waals surface area contributed by atoms with Crippen molar-refractivity contribution in [3.63, 3.8) is 0 Å². The number of allylic oxidation sites excluding steroid dienone is 5. The van der Waals surface area contributed by atoms with Crippen molar-refractivity contribution in [3.05, 3.63) is 36.5 Å². The van der Waals surface area contributed by atoms with Crippen LogP contribution in [0.1, 0.15) is 239 Å². The van der Waals surface area contributed by atoms with Crippen LogP contribution >= 0.6 is 0 Å². The minimum atomic E-state index is -1.58. The predicted molar refractivity (Wildman–Crippen MR) is 269 cm³/mol. The number of hydrogen-bond donors (Lipinski definition) is 6. The highest BCUT2D eigenvalue weighted by molar-refractivity contribution is 5.76. The summed E-state index contributed by atoms with van der Waals surface area (Å²) in [5.74, 6) is -0.227. The van der Waals surface area contributed by atoms with Crippen molar-refractivity contribution in [1.29, 1.82) is 0 Å². The molecular formula is C55H101NO10. The lowest BCUT2D eigenvalue weighted by Crippen LogP contribution is -2.60. The summed E-state index contributed by atoms with van der Waals surface area (Å²) in [4.78, 5) is 25.0. The number of ether oxygens (including phenoxy) is 3. The predicted octanol–water partition coefficient (Wildman–Crippen LogP) is 11.6. The molecule has 0 aromatic heterocycles. The van der Waals surface area contributed by atoms with Crippen LogP contribution in [0.15, 0.2) is 36.5 Å². The Morgan fingerprint density at radius 2 is 0.985 bits per heavy atom. The molecule has 0 bridgehead atoms.